The van der Waals surface area contributed by atoms with Crippen molar-refractivity contribution < 1.29 is 4.74 Å². The summed E-state index contributed by atoms with van der Waals surface area (Å²) in [6.45, 7) is 4.12. The van der Waals surface area contributed by atoms with Crippen LogP contribution in [-0.2, 0) is 5.60 Å². The third kappa shape index (κ3) is 2.63. The van der Waals surface area contributed by atoms with Crippen molar-refractivity contribution >= 4 is 11.6 Å². The predicted octanol–water partition coefficient (Wildman–Crippen LogP) is 5.64. The summed E-state index contributed by atoms with van der Waals surface area (Å²) in [4.78, 5) is 15.8. The van der Waals surface area contributed by atoms with E-state index in [-0.39, 0.29) is 5.56 Å². The third-order valence-electron chi connectivity index (χ3n) is 5.52. The molecule has 140 valence electrons. The van der Waals surface area contributed by atoms with E-state index in [0.717, 1.165) is 28.1 Å². The van der Waals surface area contributed by atoms with Gasteiger partial charge in [-0.2, -0.15) is 5.26 Å². The molecule has 4 nitrogen and oxygen atoms in total. The van der Waals surface area contributed by atoms with E-state index in [2.05, 4.69) is 24.9 Å². The summed E-state index contributed by atoms with van der Waals surface area (Å²) in [5, 5.41) is 10.4. The van der Waals surface area contributed by atoms with Gasteiger partial charge in [-0.3, -0.25) is 4.79 Å². The lowest BCUT2D eigenvalue weighted by atomic mass is 9.77. The molecule has 0 fully saturated rings. The molecule has 3 aromatic rings. The number of nitrogens with one attached hydrogen (secondary N) is 1. The predicted molar refractivity (Wildman–Crippen MR) is 111 cm³/mol. The van der Waals surface area contributed by atoms with Crippen LogP contribution in [0.15, 0.2) is 53.3 Å². The summed E-state index contributed by atoms with van der Waals surface area (Å²) in [5.41, 5.74) is 2.85. The second kappa shape index (κ2) is 6.85. The normalized spacial score (nSPS) is 13.8. The van der Waals surface area contributed by atoms with Crippen LogP contribution in [0.4, 0.5) is 0 Å². The van der Waals surface area contributed by atoms with Gasteiger partial charge in [-0.05, 0) is 42.7 Å². The van der Waals surface area contributed by atoms with E-state index in [1.165, 1.54) is 0 Å². The van der Waals surface area contributed by atoms with Gasteiger partial charge in [-0.25, -0.2) is 0 Å². The highest BCUT2D eigenvalue weighted by Crippen LogP contribution is 2.50. The van der Waals surface area contributed by atoms with Crippen molar-refractivity contribution in [3.63, 3.8) is 0 Å². The first-order chi connectivity index (χ1) is 13.5. The number of ether oxygens (including phenoxy) is 1. The topological polar surface area (TPSA) is 65.9 Å². The molecule has 0 atom stereocenters. The number of halogens is 1. The summed E-state index contributed by atoms with van der Waals surface area (Å²) < 4.78 is 6.51. The molecule has 1 aliphatic heterocycles. The summed E-state index contributed by atoms with van der Waals surface area (Å²) in [7, 11) is 0. The Morgan fingerprint density at radius 3 is 2.43 bits per heavy atom. The minimum atomic E-state index is -0.644. The molecule has 0 saturated heterocycles. The number of aromatic amines is 1. The number of hydrogen-bond acceptors (Lipinski definition) is 3. The lowest BCUT2D eigenvalue weighted by Crippen LogP contribution is -2.37. The number of H-pyrrole nitrogens is 1. The number of rotatable bonds is 3. The molecule has 0 spiro atoms. The maximum atomic E-state index is 12.8. The fourth-order valence-electron chi connectivity index (χ4n) is 4.04. The molecule has 0 radical (unpaired) electrons. The van der Waals surface area contributed by atoms with Gasteiger partial charge in [-0.15, -0.1) is 0 Å². The highest BCUT2D eigenvalue weighted by atomic mass is 35.5. The molecule has 5 heteroatoms. The molecule has 0 amide bonds. The Bertz CT molecular complexity index is 1150. The molecule has 0 unspecified atom stereocenters. The number of nitrogens with zero attached hydrogens (tertiary/aromatic N) is 1. The smallest absolute Gasteiger partial charge is 0.266 e. The van der Waals surface area contributed by atoms with Crippen LogP contribution in [0, 0.1) is 11.3 Å². The van der Waals surface area contributed by atoms with Crippen molar-refractivity contribution in [3.8, 4) is 34.2 Å². The monoisotopic (exact) mass is 390 g/mol. The minimum Gasteiger partial charge on any atom is -0.482 e. The molecule has 1 aliphatic rings. The van der Waals surface area contributed by atoms with Gasteiger partial charge in [-0.1, -0.05) is 49.7 Å². The quantitative estimate of drug-likeness (QED) is 0.629. The van der Waals surface area contributed by atoms with Crippen LogP contribution in [0.3, 0.4) is 0 Å². The number of para-hydroxylation sites is 1. The van der Waals surface area contributed by atoms with E-state index in [9.17, 15) is 10.1 Å². The molecule has 2 heterocycles. The number of hydrogen-bond donors (Lipinski definition) is 1. The number of benzene rings is 2. The van der Waals surface area contributed by atoms with Crippen LogP contribution >= 0.6 is 11.6 Å². The molecule has 4 rings (SSSR count). The van der Waals surface area contributed by atoms with Crippen molar-refractivity contribution in [3.05, 3.63) is 75.0 Å². The largest absolute Gasteiger partial charge is 0.482 e. The first-order valence-corrected chi connectivity index (χ1v) is 9.67. The van der Waals surface area contributed by atoms with Crippen LogP contribution < -0.4 is 10.3 Å². The van der Waals surface area contributed by atoms with Gasteiger partial charge in [0.25, 0.3) is 5.56 Å². The van der Waals surface area contributed by atoms with Crippen LogP contribution in [0.1, 0.15) is 37.8 Å². The molecule has 2 aromatic carbocycles. The van der Waals surface area contributed by atoms with Gasteiger partial charge in [0, 0.05) is 21.7 Å². The van der Waals surface area contributed by atoms with Crippen LogP contribution in [0.25, 0.3) is 22.4 Å². The molecule has 0 bridgehead atoms. The van der Waals surface area contributed by atoms with Crippen molar-refractivity contribution in [1.82, 2.24) is 4.98 Å². The number of aromatic nitrogens is 1. The standard InChI is InChI=1S/C23H19ClN2O2/c1-3-23(4-2)20-19(14-9-11-15(24)12-10-14)17(13-25)22(27)26-21(20)16-7-5-6-8-18(16)28-23/h5-12H,3-4H2,1-2H3,(H,26,27). The summed E-state index contributed by atoms with van der Waals surface area (Å²) in [5.74, 6) is 0.737. The first-order valence-electron chi connectivity index (χ1n) is 9.29. The maximum absolute atomic E-state index is 12.8. The van der Waals surface area contributed by atoms with E-state index in [1.807, 2.05) is 36.4 Å². The average Bonchev–Trinajstić information content (AvgIpc) is 2.73. The molecule has 1 aromatic heterocycles. The Morgan fingerprint density at radius 2 is 1.79 bits per heavy atom. The van der Waals surface area contributed by atoms with E-state index >= 15 is 0 Å². The fourth-order valence-corrected chi connectivity index (χ4v) is 4.17. The second-order valence-electron chi connectivity index (χ2n) is 6.87. The molecule has 28 heavy (non-hydrogen) atoms. The lowest BCUT2D eigenvalue weighted by molar-refractivity contribution is 0.0547. The van der Waals surface area contributed by atoms with E-state index in [4.69, 9.17) is 16.3 Å². The lowest BCUT2D eigenvalue weighted by Gasteiger charge is -2.40. The Hall–Kier alpha value is -3.03. The van der Waals surface area contributed by atoms with E-state index < -0.39 is 11.2 Å². The fraction of sp³-hybridized carbons (Fsp3) is 0.217. The Balaban J connectivity index is 2.19. The first kappa shape index (κ1) is 18.3. The minimum absolute atomic E-state index is 0.0929. The Morgan fingerprint density at radius 1 is 1.11 bits per heavy atom. The highest BCUT2D eigenvalue weighted by molar-refractivity contribution is 6.30. The maximum Gasteiger partial charge on any atom is 0.266 e. The SMILES string of the molecule is CCC1(CC)Oc2ccccc2-c2[nH]c(=O)c(C#N)c(-c3ccc(Cl)cc3)c21. The van der Waals surface area contributed by atoms with Crippen molar-refractivity contribution in [2.45, 2.75) is 32.3 Å². The number of pyridine rings is 1. The van der Waals surface area contributed by atoms with Crippen LogP contribution in [0.5, 0.6) is 5.75 Å². The highest BCUT2D eigenvalue weighted by Gasteiger charge is 2.42. The van der Waals surface area contributed by atoms with Gasteiger partial charge >= 0.3 is 0 Å². The van der Waals surface area contributed by atoms with Gasteiger partial charge in [0.1, 0.15) is 23.0 Å². The van der Waals surface area contributed by atoms with Crippen molar-refractivity contribution in [2.24, 2.45) is 0 Å². The van der Waals surface area contributed by atoms with E-state index in [1.54, 1.807) is 12.1 Å². The number of nitriles is 1. The Labute approximate surface area is 168 Å². The Kier molecular flexibility index (Phi) is 4.49. The van der Waals surface area contributed by atoms with Gasteiger partial charge < -0.3 is 9.72 Å². The van der Waals surface area contributed by atoms with Gasteiger partial charge in [0.2, 0.25) is 0 Å². The summed E-state index contributed by atoms with van der Waals surface area (Å²) in [6.07, 6.45) is 1.39. The third-order valence-corrected chi connectivity index (χ3v) is 5.77. The van der Waals surface area contributed by atoms with Crippen molar-refractivity contribution in [1.29, 1.82) is 5.26 Å². The number of fused-ring (bicyclic) bond motifs is 3. The second-order valence-corrected chi connectivity index (χ2v) is 7.31. The average molecular weight is 391 g/mol. The van der Waals surface area contributed by atoms with Gasteiger partial charge in [0.15, 0.2) is 0 Å². The van der Waals surface area contributed by atoms with Crippen molar-refractivity contribution in [2.75, 3.05) is 0 Å². The molecular weight excluding hydrogens is 372 g/mol. The zero-order chi connectivity index (χ0) is 19.9. The van der Waals surface area contributed by atoms with Gasteiger partial charge in [0.05, 0.1) is 5.69 Å². The van der Waals surface area contributed by atoms with Crippen LogP contribution in [0.2, 0.25) is 5.02 Å². The summed E-state index contributed by atoms with van der Waals surface area (Å²) in [6, 6.07) is 17.0. The summed E-state index contributed by atoms with van der Waals surface area (Å²) >= 11 is 6.07. The molecule has 1 N–H and O–H groups in total. The molecular formula is C23H19ClN2O2. The zero-order valence-corrected chi connectivity index (χ0v) is 16.4. The van der Waals surface area contributed by atoms with Crippen LogP contribution in [-0.4, -0.2) is 4.98 Å². The zero-order valence-electron chi connectivity index (χ0n) is 15.7. The van der Waals surface area contributed by atoms with E-state index in [0.29, 0.717) is 23.4 Å². The molecule has 0 aliphatic carbocycles. The molecule has 0 saturated carbocycles.